The fourth-order valence-corrected chi connectivity index (χ4v) is 5.17. The van der Waals surface area contributed by atoms with Crippen molar-refractivity contribution in [2.75, 3.05) is 13.2 Å². The highest BCUT2D eigenvalue weighted by Gasteiger charge is 2.60. The molecular formula is C23H26ClF2NO2. The topological polar surface area (TPSA) is 41.5 Å². The maximum atomic E-state index is 15.1. The first-order valence-electron chi connectivity index (χ1n) is 10.2. The average Bonchev–Trinajstić information content (AvgIpc) is 2.70. The van der Waals surface area contributed by atoms with E-state index in [2.05, 4.69) is 12.2 Å². The van der Waals surface area contributed by atoms with E-state index in [1.54, 1.807) is 12.1 Å². The summed E-state index contributed by atoms with van der Waals surface area (Å²) in [5.41, 5.74) is -1.19. The van der Waals surface area contributed by atoms with Crippen molar-refractivity contribution in [1.29, 1.82) is 0 Å². The first-order chi connectivity index (χ1) is 13.9. The standard InChI is InChI=1S/C23H26ClF2NO2/c1-2-11-27-17-9-10-22(12-15-3-5-16(24)6-4-15)20-18(25)7-8-19(26)21(20)29-14-23(22,28)13-17/h3-8,17,27-28H,2,9-14H2,1H3/t17-,22-,23+/m1/s1. The summed E-state index contributed by atoms with van der Waals surface area (Å²) in [4.78, 5) is 0. The Bertz CT molecular complexity index is 891. The van der Waals surface area contributed by atoms with Crippen LogP contribution in [0.3, 0.4) is 0 Å². The number of benzene rings is 2. The zero-order chi connectivity index (χ0) is 20.6. The summed E-state index contributed by atoms with van der Waals surface area (Å²) in [7, 11) is 0. The number of hydrogen-bond acceptors (Lipinski definition) is 3. The number of aliphatic hydroxyl groups is 1. The summed E-state index contributed by atoms with van der Waals surface area (Å²) in [5, 5.41) is 15.9. The van der Waals surface area contributed by atoms with Gasteiger partial charge in [-0.3, -0.25) is 0 Å². The van der Waals surface area contributed by atoms with Crippen molar-refractivity contribution < 1.29 is 18.6 Å². The SMILES string of the molecule is CCCN[C@@H]1CC[C@@]2(Cc3ccc(Cl)cc3)c3c(F)ccc(F)c3OC[C@@]2(O)C1. The van der Waals surface area contributed by atoms with Crippen LogP contribution in [0.25, 0.3) is 0 Å². The van der Waals surface area contributed by atoms with Gasteiger partial charge in [0.15, 0.2) is 11.6 Å². The summed E-state index contributed by atoms with van der Waals surface area (Å²) in [6.07, 6.45) is 3.10. The average molecular weight is 422 g/mol. The van der Waals surface area contributed by atoms with Gasteiger partial charge in [-0.15, -0.1) is 0 Å². The van der Waals surface area contributed by atoms with Gasteiger partial charge in [-0.1, -0.05) is 30.7 Å². The van der Waals surface area contributed by atoms with Crippen LogP contribution >= 0.6 is 11.6 Å². The van der Waals surface area contributed by atoms with E-state index in [9.17, 15) is 9.50 Å². The lowest BCUT2D eigenvalue weighted by molar-refractivity contribution is -0.121. The second kappa shape index (κ2) is 7.86. The van der Waals surface area contributed by atoms with E-state index < -0.39 is 22.7 Å². The number of nitrogens with one attached hydrogen (secondary N) is 1. The molecule has 1 fully saturated rings. The molecule has 1 aliphatic carbocycles. The number of ether oxygens (including phenoxy) is 1. The van der Waals surface area contributed by atoms with Crippen LogP contribution in [-0.4, -0.2) is 29.9 Å². The first kappa shape index (κ1) is 20.6. The van der Waals surface area contributed by atoms with Gasteiger partial charge < -0.3 is 15.2 Å². The van der Waals surface area contributed by atoms with E-state index >= 15 is 4.39 Å². The third-order valence-corrected chi connectivity index (χ3v) is 6.74. The molecule has 29 heavy (non-hydrogen) atoms. The number of halogens is 3. The van der Waals surface area contributed by atoms with E-state index in [-0.39, 0.29) is 24.0 Å². The van der Waals surface area contributed by atoms with Crippen LogP contribution in [0.1, 0.15) is 43.7 Å². The predicted octanol–water partition coefficient (Wildman–Crippen LogP) is 4.77. The molecule has 2 aromatic rings. The van der Waals surface area contributed by atoms with E-state index in [1.165, 1.54) is 0 Å². The monoisotopic (exact) mass is 421 g/mol. The highest BCUT2D eigenvalue weighted by molar-refractivity contribution is 6.30. The summed E-state index contributed by atoms with van der Waals surface area (Å²) in [6.45, 7) is 2.89. The minimum Gasteiger partial charge on any atom is -0.487 e. The maximum absolute atomic E-state index is 15.1. The highest BCUT2D eigenvalue weighted by atomic mass is 35.5. The van der Waals surface area contributed by atoms with Crippen molar-refractivity contribution in [2.24, 2.45) is 0 Å². The maximum Gasteiger partial charge on any atom is 0.165 e. The quantitative estimate of drug-likeness (QED) is 0.730. The Labute approximate surface area is 175 Å². The van der Waals surface area contributed by atoms with Gasteiger partial charge in [0.25, 0.3) is 0 Å². The molecular weight excluding hydrogens is 396 g/mol. The highest BCUT2D eigenvalue weighted by Crippen LogP contribution is 2.55. The van der Waals surface area contributed by atoms with Crippen LogP contribution < -0.4 is 10.1 Å². The Kier molecular flexibility index (Phi) is 5.58. The first-order valence-corrected chi connectivity index (χ1v) is 10.6. The molecule has 3 atom stereocenters. The number of rotatable bonds is 5. The van der Waals surface area contributed by atoms with Crippen molar-refractivity contribution in [3.8, 4) is 5.75 Å². The molecule has 0 radical (unpaired) electrons. The zero-order valence-electron chi connectivity index (χ0n) is 16.5. The van der Waals surface area contributed by atoms with E-state index in [0.717, 1.165) is 37.1 Å². The molecule has 2 aliphatic rings. The molecule has 156 valence electrons. The van der Waals surface area contributed by atoms with Crippen LogP contribution in [0.15, 0.2) is 36.4 Å². The van der Waals surface area contributed by atoms with Crippen LogP contribution in [0, 0.1) is 11.6 Å². The third-order valence-electron chi connectivity index (χ3n) is 6.49. The fourth-order valence-electron chi connectivity index (χ4n) is 5.04. The van der Waals surface area contributed by atoms with Gasteiger partial charge in [-0.2, -0.15) is 0 Å². The molecule has 2 N–H and O–H groups in total. The molecule has 1 saturated carbocycles. The summed E-state index contributed by atoms with van der Waals surface area (Å²) in [5.74, 6) is -1.19. The van der Waals surface area contributed by atoms with Crippen molar-refractivity contribution >= 4 is 11.6 Å². The smallest absolute Gasteiger partial charge is 0.165 e. The predicted molar refractivity (Wildman–Crippen MR) is 110 cm³/mol. The van der Waals surface area contributed by atoms with Crippen LogP contribution in [0.4, 0.5) is 8.78 Å². The molecule has 1 heterocycles. The molecule has 6 heteroatoms. The molecule has 0 spiro atoms. The van der Waals surface area contributed by atoms with Crippen molar-refractivity contribution in [3.63, 3.8) is 0 Å². The van der Waals surface area contributed by atoms with Crippen LogP contribution in [-0.2, 0) is 11.8 Å². The Morgan fingerprint density at radius 1 is 1.17 bits per heavy atom. The largest absolute Gasteiger partial charge is 0.487 e. The van der Waals surface area contributed by atoms with Gasteiger partial charge in [-0.25, -0.2) is 8.78 Å². The lowest BCUT2D eigenvalue weighted by Gasteiger charge is -2.55. The Hall–Kier alpha value is -1.69. The van der Waals surface area contributed by atoms with Gasteiger partial charge in [0.2, 0.25) is 0 Å². The second-order valence-corrected chi connectivity index (χ2v) is 8.77. The Balaban J connectivity index is 1.81. The van der Waals surface area contributed by atoms with Crippen molar-refractivity contribution in [3.05, 3.63) is 64.2 Å². The van der Waals surface area contributed by atoms with Gasteiger partial charge in [0.1, 0.15) is 18.0 Å². The number of hydrogen-bond donors (Lipinski definition) is 2. The molecule has 0 bridgehead atoms. The molecule has 3 nitrogen and oxygen atoms in total. The Morgan fingerprint density at radius 3 is 2.62 bits per heavy atom. The molecule has 0 aromatic heterocycles. The van der Waals surface area contributed by atoms with Gasteiger partial charge >= 0.3 is 0 Å². The molecule has 2 aromatic carbocycles. The molecule has 0 amide bonds. The fraction of sp³-hybridized carbons (Fsp3) is 0.478. The number of fused-ring (bicyclic) bond motifs is 3. The van der Waals surface area contributed by atoms with Crippen molar-refractivity contribution in [2.45, 2.75) is 56.1 Å². The normalized spacial score (nSPS) is 28.4. The van der Waals surface area contributed by atoms with E-state index in [4.69, 9.17) is 16.3 Å². The van der Waals surface area contributed by atoms with Gasteiger partial charge in [0.05, 0.1) is 0 Å². The van der Waals surface area contributed by atoms with Crippen LogP contribution in [0.5, 0.6) is 5.75 Å². The third kappa shape index (κ3) is 3.54. The van der Waals surface area contributed by atoms with E-state index in [0.29, 0.717) is 24.3 Å². The lowest BCUT2D eigenvalue weighted by Crippen LogP contribution is -2.64. The summed E-state index contributed by atoms with van der Waals surface area (Å²) >= 11 is 6.02. The molecule has 1 aliphatic heterocycles. The minimum absolute atomic E-state index is 0.0573. The summed E-state index contributed by atoms with van der Waals surface area (Å²) in [6, 6.07) is 9.65. The summed E-state index contributed by atoms with van der Waals surface area (Å²) < 4.78 is 35.3. The minimum atomic E-state index is -1.31. The zero-order valence-corrected chi connectivity index (χ0v) is 17.2. The molecule has 4 rings (SSSR count). The van der Waals surface area contributed by atoms with Gasteiger partial charge in [0, 0.05) is 22.0 Å². The van der Waals surface area contributed by atoms with Crippen LogP contribution in [0.2, 0.25) is 5.02 Å². The second-order valence-electron chi connectivity index (χ2n) is 8.33. The van der Waals surface area contributed by atoms with Gasteiger partial charge in [-0.05, 0) is 68.5 Å². The molecule has 0 unspecified atom stereocenters. The Morgan fingerprint density at radius 2 is 1.90 bits per heavy atom. The van der Waals surface area contributed by atoms with E-state index in [1.807, 2.05) is 12.1 Å². The molecule has 0 saturated heterocycles. The lowest BCUT2D eigenvalue weighted by atomic mass is 9.55. The van der Waals surface area contributed by atoms with Crippen molar-refractivity contribution in [1.82, 2.24) is 5.32 Å².